The molecule has 1 N–H and O–H groups in total. The maximum atomic E-state index is 13.0. The van der Waals surface area contributed by atoms with E-state index < -0.39 is 17.8 Å². The summed E-state index contributed by atoms with van der Waals surface area (Å²) in [6, 6.07) is 11.0. The summed E-state index contributed by atoms with van der Waals surface area (Å²) in [5, 5.41) is 10.4. The molecule has 1 aliphatic rings. The van der Waals surface area contributed by atoms with Crippen LogP contribution in [0.2, 0.25) is 0 Å². The van der Waals surface area contributed by atoms with Crippen LogP contribution in [0.4, 0.5) is 18.9 Å². The molecule has 0 aromatic heterocycles. The second-order valence-corrected chi connectivity index (χ2v) is 7.78. The van der Waals surface area contributed by atoms with E-state index in [2.05, 4.69) is 11.5 Å². The number of piperazine rings is 1. The number of hydrogen-bond acceptors (Lipinski definition) is 5. The molecule has 32 heavy (non-hydrogen) atoms. The van der Waals surface area contributed by atoms with Gasteiger partial charge < -0.3 is 19.5 Å². The first kappa shape index (κ1) is 23.9. The van der Waals surface area contributed by atoms with Crippen molar-refractivity contribution in [2.75, 3.05) is 51.3 Å². The largest absolute Gasteiger partial charge is 0.493 e. The molecule has 1 saturated heterocycles. The van der Waals surface area contributed by atoms with Crippen LogP contribution in [0.1, 0.15) is 11.1 Å². The molecule has 0 amide bonds. The van der Waals surface area contributed by atoms with Gasteiger partial charge in [0.15, 0.2) is 11.5 Å². The van der Waals surface area contributed by atoms with Gasteiger partial charge in [-0.25, -0.2) is 0 Å². The van der Waals surface area contributed by atoms with Crippen LogP contribution in [0.15, 0.2) is 55.1 Å². The van der Waals surface area contributed by atoms with E-state index in [0.717, 1.165) is 18.1 Å². The lowest BCUT2D eigenvalue weighted by atomic mass is 10.1. The van der Waals surface area contributed by atoms with Gasteiger partial charge in [0.1, 0.15) is 12.7 Å². The molecule has 2 aromatic carbocycles. The average molecular weight is 451 g/mol. The van der Waals surface area contributed by atoms with Gasteiger partial charge in [0.05, 0.1) is 12.7 Å². The third-order valence-electron chi connectivity index (χ3n) is 5.42. The molecule has 0 unspecified atom stereocenters. The Morgan fingerprint density at radius 2 is 1.84 bits per heavy atom. The predicted octanol–water partition coefficient (Wildman–Crippen LogP) is 4.00. The standard InChI is InChI=1S/C24H29F3N2O3/c1-3-5-18-8-9-22(23(14-18)31-2)32-17-21(30)16-28-10-12-29(13-11-28)20-7-4-6-19(15-20)24(25,26)27/h3-4,6-9,14-15,21,30H,1,5,10-13,16-17H2,2H3/t21-/m1/s1. The van der Waals surface area contributed by atoms with Crippen molar-refractivity contribution in [1.29, 1.82) is 0 Å². The molecule has 1 fully saturated rings. The van der Waals surface area contributed by atoms with E-state index in [1.165, 1.54) is 12.1 Å². The second-order valence-electron chi connectivity index (χ2n) is 7.78. The first-order valence-corrected chi connectivity index (χ1v) is 10.5. The number of aliphatic hydroxyl groups excluding tert-OH is 1. The van der Waals surface area contributed by atoms with Gasteiger partial charge in [-0.3, -0.25) is 4.90 Å². The summed E-state index contributed by atoms with van der Waals surface area (Å²) in [7, 11) is 1.57. The molecule has 1 aliphatic heterocycles. The monoisotopic (exact) mass is 450 g/mol. The fourth-order valence-electron chi connectivity index (χ4n) is 3.73. The van der Waals surface area contributed by atoms with Gasteiger partial charge in [-0.15, -0.1) is 6.58 Å². The van der Waals surface area contributed by atoms with Gasteiger partial charge in [-0.1, -0.05) is 18.2 Å². The summed E-state index contributed by atoms with van der Waals surface area (Å²) in [6.45, 7) is 6.74. The minimum atomic E-state index is -4.35. The van der Waals surface area contributed by atoms with Crippen LogP contribution in [0.3, 0.4) is 0 Å². The Kier molecular flexibility index (Phi) is 8.04. The zero-order chi connectivity index (χ0) is 23.1. The first-order valence-electron chi connectivity index (χ1n) is 10.5. The minimum Gasteiger partial charge on any atom is -0.493 e. The zero-order valence-electron chi connectivity index (χ0n) is 18.1. The highest BCUT2D eigenvalue weighted by molar-refractivity contribution is 5.49. The van der Waals surface area contributed by atoms with Crippen molar-refractivity contribution in [2.24, 2.45) is 0 Å². The van der Waals surface area contributed by atoms with Gasteiger partial charge in [-0.2, -0.15) is 13.2 Å². The van der Waals surface area contributed by atoms with Gasteiger partial charge in [0.25, 0.3) is 0 Å². The van der Waals surface area contributed by atoms with E-state index in [9.17, 15) is 18.3 Å². The van der Waals surface area contributed by atoms with E-state index in [1.54, 1.807) is 13.2 Å². The summed E-state index contributed by atoms with van der Waals surface area (Å²) >= 11 is 0. The molecular formula is C24H29F3N2O3. The highest BCUT2D eigenvalue weighted by atomic mass is 19.4. The number of hydrogen-bond donors (Lipinski definition) is 1. The van der Waals surface area contributed by atoms with Crippen molar-refractivity contribution in [1.82, 2.24) is 4.90 Å². The molecule has 3 rings (SSSR count). The molecule has 0 radical (unpaired) electrons. The minimum absolute atomic E-state index is 0.116. The third kappa shape index (κ3) is 6.40. The number of benzene rings is 2. The normalized spacial score (nSPS) is 16.0. The number of β-amino-alcohol motifs (C(OH)–C–C–N with tert-alkyl or cyclic N) is 1. The fraction of sp³-hybridized carbons (Fsp3) is 0.417. The molecule has 0 bridgehead atoms. The van der Waals surface area contributed by atoms with Crippen LogP contribution in [0.5, 0.6) is 11.5 Å². The number of allylic oxidation sites excluding steroid dienone is 1. The summed E-state index contributed by atoms with van der Waals surface area (Å²) < 4.78 is 50.0. The van der Waals surface area contributed by atoms with Crippen LogP contribution >= 0.6 is 0 Å². The second kappa shape index (κ2) is 10.7. The number of methoxy groups -OCH3 is 1. The van der Waals surface area contributed by atoms with Gasteiger partial charge in [-0.05, 0) is 42.3 Å². The molecule has 0 aliphatic carbocycles. The lowest BCUT2D eigenvalue weighted by Crippen LogP contribution is -2.49. The number of rotatable bonds is 9. The van der Waals surface area contributed by atoms with Crippen molar-refractivity contribution < 1.29 is 27.8 Å². The van der Waals surface area contributed by atoms with Crippen LogP contribution in [-0.2, 0) is 12.6 Å². The molecule has 5 nitrogen and oxygen atoms in total. The predicted molar refractivity (Wildman–Crippen MR) is 118 cm³/mol. The zero-order valence-corrected chi connectivity index (χ0v) is 18.1. The quantitative estimate of drug-likeness (QED) is 0.585. The van der Waals surface area contributed by atoms with Crippen molar-refractivity contribution in [3.05, 3.63) is 66.2 Å². The average Bonchev–Trinajstić information content (AvgIpc) is 2.78. The summed E-state index contributed by atoms with van der Waals surface area (Å²) in [4.78, 5) is 4.02. The van der Waals surface area contributed by atoms with Crippen molar-refractivity contribution in [2.45, 2.75) is 18.7 Å². The van der Waals surface area contributed by atoms with E-state index in [1.807, 2.05) is 29.2 Å². The SMILES string of the molecule is C=CCc1ccc(OC[C@H](O)CN2CCN(c3cccc(C(F)(F)F)c3)CC2)c(OC)c1. The number of anilines is 1. The Hall–Kier alpha value is -2.71. The maximum Gasteiger partial charge on any atom is 0.416 e. The lowest BCUT2D eigenvalue weighted by molar-refractivity contribution is -0.137. The smallest absolute Gasteiger partial charge is 0.416 e. The topological polar surface area (TPSA) is 45.2 Å². The third-order valence-corrected chi connectivity index (χ3v) is 5.42. The molecule has 0 saturated carbocycles. The molecular weight excluding hydrogens is 421 g/mol. The molecule has 174 valence electrons. The number of nitrogens with zero attached hydrogens (tertiary/aromatic N) is 2. The van der Waals surface area contributed by atoms with Crippen LogP contribution < -0.4 is 14.4 Å². The Bertz CT molecular complexity index is 896. The van der Waals surface area contributed by atoms with Crippen molar-refractivity contribution in [3.63, 3.8) is 0 Å². The summed E-state index contributed by atoms with van der Waals surface area (Å²) in [6.07, 6.45) is -2.51. The van der Waals surface area contributed by atoms with Crippen molar-refractivity contribution >= 4 is 5.69 Å². The molecule has 1 heterocycles. The van der Waals surface area contributed by atoms with E-state index in [4.69, 9.17) is 9.47 Å². The summed E-state index contributed by atoms with van der Waals surface area (Å²) in [5.41, 5.74) is 0.983. The lowest BCUT2D eigenvalue weighted by Gasteiger charge is -2.37. The van der Waals surface area contributed by atoms with Crippen LogP contribution in [0.25, 0.3) is 0 Å². The Labute approximate surface area is 186 Å². The number of halogens is 3. The summed E-state index contributed by atoms with van der Waals surface area (Å²) in [5.74, 6) is 1.17. The van der Waals surface area contributed by atoms with E-state index in [0.29, 0.717) is 49.9 Å². The fourth-order valence-corrected chi connectivity index (χ4v) is 3.73. The highest BCUT2D eigenvalue weighted by Gasteiger charge is 2.31. The van der Waals surface area contributed by atoms with Crippen molar-refractivity contribution in [3.8, 4) is 11.5 Å². The van der Waals surface area contributed by atoms with Crippen LogP contribution in [0, 0.1) is 0 Å². The molecule has 8 heteroatoms. The van der Waals surface area contributed by atoms with Crippen LogP contribution in [-0.4, -0.2) is 62.6 Å². The van der Waals surface area contributed by atoms with Gasteiger partial charge >= 0.3 is 6.18 Å². The van der Waals surface area contributed by atoms with E-state index >= 15 is 0 Å². The number of alkyl halides is 3. The van der Waals surface area contributed by atoms with Gasteiger partial charge in [0.2, 0.25) is 0 Å². The van der Waals surface area contributed by atoms with Gasteiger partial charge in [0, 0.05) is 38.4 Å². The maximum absolute atomic E-state index is 13.0. The Balaban J connectivity index is 1.48. The Morgan fingerprint density at radius 1 is 1.09 bits per heavy atom. The first-order chi connectivity index (χ1) is 15.3. The van der Waals surface area contributed by atoms with E-state index in [-0.39, 0.29) is 6.61 Å². The number of aliphatic hydroxyl groups is 1. The molecule has 1 atom stereocenters. The Morgan fingerprint density at radius 3 is 2.50 bits per heavy atom. The highest BCUT2D eigenvalue weighted by Crippen LogP contribution is 2.32. The molecule has 0 spiro atoms. The molecule has 2 aromatic rings. The number of ether oxygens (including phenoxy) is 2.